The van der Waals surface area contributed by atoms with Crippen LogP contribution < -0.4 is 15.2 Å². The molecule has 27 heavy (non-hydrogen) atoms. The van der Waals surface area contributed by atoms with Gasteiger partial charge in [-0.25, -0.2) is 13.4 Å². The van der Waals surface area contributed by atoms with E-state index < -0.39 is 15.9 Å². The molecule has 1 fully saturated rings. The number of benzene rings is 1. The van der Waals surface area contributed by atoms with Crippen LogP contribution in [0.5, 0.6) is 0 Å². The van der Waals surface area contributed by atoms with Gasteiger partial charge in [0.05, 0.1) is 23.9 Å². The minimum Gasteiger partial charge on any atom is -0.378 e. The summed E-state index contributed by atoms with van der Waals surface area (Å²) >= 11 is 7.22. The van der Waals surface area contributed by atoms with Gasteiger partial charge in [0, 0.05) is 13.1 Å². The largest absolute Gasteiger partial charge is 0.378 e. The second-order valence-corrected chi connectivity index (χ2v) is 9.04. The molecule has 1 amide bonds. The maximum Gasteiger partial charge on any atom is 0.278 e. The molecule has 11 heteroatoms. The van der Waals surface area contributed by atoms with Crippen molar-refractivity contribution in [1.82, 2.24) is 15.2 Å². The first-order valence-electron chi connectivity index (χ1n) is 8.16. The van der Waals surface area contributed by atoms with Crippen molar-refractivity contribution in [3.8, 4) is 0 Å². The molecule has 0 saturated carbocycles. The second-order valence-electron chi connectivity index (χ2n) is 6.00. The molecule has 2 heterocycles. The summed E-state index contributed by atoms with van der Waals surface area (Å²) in [4.78, 5) is 21.2. The molecular weight excluding hydrogens is 412 g/mol. The summed E-state index contributed by atoms with van der Waals surface area (Å²) in [7, 11) is -3.99. The standard InChI is InChI=1S/C16H19ClN4O4S2/c1-10-3-4-13(12(17)9-10)27(23,24)20-19-15(22)14-11(2)18-16(26-14)21-5-7-25-8-6-21/h3-4,9,20H,5-8H2,1-2H3,(H,19,22). The summed E-state index contributed by atoms with van der Waals surface area (Å²) in [6.07, 6.45) is 0. The maximum atomic E-state index is 12.4. The summed E-state index contributed by atoms with van der Waals surface area (Å²) in [6.45, 7) is 6.13. The number of anilines is 1. The lowest BCUT2D eigenvalue weighted by molar-refractivity contribution is 0.0948. The van der Waals surface area contributed by atoms with Gasteiger partial charge in [0.2, 0.25) is 0 Å². The normalized spacial score (nSPS) is 15.0. The molecule has 0 spiro atoms. The van der Waals surface area contributed by atoms with Crippen molar-refractivity contribution in [2.75, 3.05) is 31.2 Å². The number of nitrogens with one attached hydrogen (secondary N) is 2. The number of aromatic nitrogens is 1. The van der Waals surface area contributed by atoms with Gasteiger partial charge in [-0.3, -0.25) is 10.2 Å². The van der Waals surface area contributed by atoms with Crippen LogP contribution in [-0.4, -0.2) is 45.6 Å². The minimum atomic E-state index is -3.99. The first kappa shape index (κ1) is 20.0. The van der Waals surface area contributed by atoms with E-state index >= 15 is 0 Å². The fraction of sp³-hybridized carbons (Fsp3) is 0.375. The number of hydrazine groups is 1. The molecule has 0 atom stereocenters. The zero-order valence-electron chi connectivity index (χ0n) is 14.8. The van der Waals surface area contributed by atoms with E-state index in [0.717, 1.165) is 5.56 Å². The average molecular weight is 431 g/mol. The molecule has 2 N–H and O–H groups in total. The third-order valence-electron chi connectivity index (χ3n) is 3.95. The highest BCUT2D eigenvalue weighted by molar-refractivity contribution is 7.89. The molecule has 2 aromatic rings. The minimum absolute atomic E-state index is 0.0836. The Morgan fingerprint density at radius 2 is 2.00 bits per heavy atom. The molecule has 8 nitrogen and oxygen atoms in total. The highest BCUT2D eigenvalue weighted by Gasteiger charge is 2.23. The number of hydrogen-bond donors (Lipinski definition) is 2. The lowest BCUT2D eigenvalue weighted by Crippen LogP contribution is -2.41. The van der Waals surface area contributed by atoms with Gasteiger partial charge in [-0.1, -0.05) is 29.0 Å². The van der Waals surface area contributed by atoms with Crippen LogP contribution in [0.3, 0.4) is 0 Å². The molecule has 1 aromatic heterocycles. The lowest BCUT2D eigenvalue weighted by Gasteiger charge is -2.25. The van der Waals surface area contributed by atoms with Crippen molar-refractivity contribution in [3.63, 3.8) is 0 Å². The van der Waals surface area contributed by atoms with E-state index in [1.54, 1.807) is 26.0 Å². The summed E-state index contributed by atoms with van der Waals surface area (Å²) in [5.41, 5.74) is 3.59. The highest BCUT2D eigenvalue weighted by Crippen LogP contribution is 2.27. The number of ether oxygens (including phenoxy) is 1. The molecule has 0 aliphatic carbocycles. The quantitative estimate of drug-likeness (QED) is 0.702. The molecule has 146 valence electrons. The number of carbonyl (C=O) groups excluding carboxylic acids is 1. The summed E-state index contributed by atoms with van der Waals surface area (Å²) in [5, 5.41) is 0.797. The number of aryl methyl sites for hydroxylation is 2. The molecule has 0 bridgehead atoms. The Kier molecular flexibility index (Phi) is 6.02. The summed E-state index contributed by atoms with van der Waals surface area (Å²) in [6, 6.07) is 4.56. The number of sulfonamides is 1. The number of morpholine rings is 1. The summed E-state index contributed by atoms with van der Waals surface area (Å²) in [5.74, 6) is -0.573. The van der Waals surface area contributed by atoms with E-state index in [2.05, 4.69) is 15.2 Å². The van der Waals surface area contributed by atoms with Gasteiger partial charge in [-0.2, -0.15) is 0 Å². The van der Waals surface area contributed by atoms with Crippen LogP contribution >= 0.6 is 22.9 Å². The van der Waals surface area contributed by atoms with Crippen molar-refractivity contribution in [2.45, 2.75) is 18.7 Å². The molecule has 1 aromatic carbocycles. The van der Waals surface area contributed by atoms with E-state index in [1.165, 1.54) is 17.4 Å². The number of nitrogens with zero attached hydrogens (tertiary/aromatic N) is 2. The van der Waals surface area contributed by atoms with E-state index in [4.69, 9.17) is 16.3 Å². The predicted octanol–water partition coefficient (Wildman–Crippen LogP) is 1.87. The highest BCUT2D eigenvalue weighted by atomic mass is 35.5. The Labute approximate surface area is 166 Å². The second kappa shape index (κ2) is 8.11. The van der Waals surface area contributed by atoms with Gasteiger partial charge in [-0.05, 0) is 31.5 Å². The van der Waals surface area contributed by atoms with Gasteiger partial charge in [-0.15, -0.1) is 4.83 Å². The lowest BCUT2D eigenvalue weighted by atomic mass is 10.2. The molecule has 1 aliphatic heterocycles. The van der Waals surface area contributed by atoms with Gasteiger partial charge < -0.3 is 9.64 Å². The Bertz CT molecular complexity index is 955. The van der Waals surface area contributed by atoms with Crippen LogP contribution in [0.2, 0.25) is 5.02 Å². The summed E-state index contributed by atoms with van der Waals surface area (Å²) < 4.78 is 30.1. The fourth-order valence-electron chi connectivity index (χ4n) is 2.53. The topological polar surface area (TPSA) is 101 Å². The zero-order valence-corrected chi connectivity index (χ0v) is 17.2. The zero-order chi connectivity index (χ0) is 19.6. The number of hydrogen-bond acceptors (Lipinski definition) is 7. The fourth-order valence-corrected chi connectivity index (χ4v) is 4.99. The van der Waals surface area contributed by atoms with Crippen molar-refractivity contribution in [1.29, 1.82) is 0 Å². The molecule has 1 saturated heterocycles. The van der Waals surface area contributed by atoms with E-state index in [-0.39, 0.29) is 9.92 Å². The number of thiazole rings is 1. The Morgan fingerprint density at radius 1 is 1.30 bits per heavy atom. The maximum absolute atomic E-state index is 12.4. The number of amides is 1. The van der Waals surface area contributed by atoms with Crippen molar-refractivity contribution < 1.29 is 17.9 Å². The van der Waals surface area contributed by atoms with E-state index in [9.17, 15) is 13.2 Å². The molecule has 3 rings (SSSR count). The van der Waals surface area contributed by atoms with E-state index in [0.29, 0.717) is 42.0 Å². The molecule has 1 aliphatic rings. The first-order chi connectivity index (χ1) is 12.8. The monoisotopic (exact) mass is 430 g/mol. The number of halogens is 1. The van der Waals surface area contributed by atoms with Crippen LogP contribution in [-0.2, 0) is 14.8 Å². The van der Waals surface area contributed by atoms with Crippen LogP contribution in [0.1, 0.15) is 20.9 Å². The average Bonchev–Trinajstić information content (AvgIpc) is 3.02. The molecular formula is C16H19ClN4O4S2. The Morgan fingerprint density at radius 3 is 2.67 bits per heavy atom. The van der Waals surface area contributed by atoms with Crippen molar-refractivity contribution in [2.24, 2.45) is 0 Å². The van der Waals surface area contributed by atoms with Crippen molar-refractivity contribution >= 4 is 44.0 Å². The third kappa shape index (κ3) is 4.58. The number of carbonyl (C=O) groups is 1. The molecule has 0 unspecified atom stereocenters. The number of rotatable bonds is 5. The smallest absolute Gasteiger partial charge is 0.278 e. The van der Waals surface area contributed by atoms with Gasteiger partial charge in [0.25, 0.3) is 15.9 Å². The van der Waals surface area contributed by atoms with Crippen LogP contribution in [0.15, 0.2) is 23.1 Å². The molecule has 0 radical (unpaired) electrons. The Balaban J connectivity index is 1.71. The van der Waals surface area contributed by atoms with Crippen LogP contribution in [0, 0.1) is 13.8 Å². The predicted molar refractivity (Wildman–Crippen MR) is 104 cm³/mol. The van der Waals surface area contributed by atoms with Crippen molar-refractivity contribution in [3.05, 3.63) is 39.4 Å². The van der Waals surface area contributed by atoms with Crippen LogP contribution in [0.4, 0.5) is 5.13 Å². The first-order valence-corrected chi connectivity index (χ1v) is 10.8. The van der Waals surface area contributed by atoms with Gasteiger partial charge in [0.1, 0.15) is 9.77 Å². The van der Waals surface area contributed by atoms with E-state index in [1.807, 2.05) is 4.90 Å². The Hall–Kier alpha value is -1.72. The van der Waals surface area contributed by atoms with Gasteiger partial charge in [0.15, 0.2) is 5.13 Å². The van der Waals surface area contributed by atoms with Gasteiger partial charge >= 0.3 is 0 Å². The van der Waals surface area contributed by atoms with Crippen LogP contribution in [0.25, 0.3) is 0 Å². The third-order valence-corrected chi connectivity index (χ3v) is 6.90. The SMILES string of the molecule is Cc1ccc(S(=O)(=O)NNC(=O)c2sc(N3CCOCC3)nc2C)c(Cl)c1.